The molecule has 37 heavy (non-hydrogen) atoms. The van der Waals surface area contributed by atoms with Gasteiger partial charge in [0, 0.05) is 23.0 Å². The van der Waals surface area contributed by atoms with Gasteiger partial charge < -0.3 is 14.6 Å². The Bertz CT molecular complexity index is 1430. The fourth-order valence-electron chi connectivity index (χ4n) is 3.96. The topological polar surface area (TPSA) is 108 Å². The molecule has 1 saturated heterocycles. The fourth-order valence-corrected chi connectivity index (χ4v) is 3.96. The second-order valence-corrected chi connectivity index (χ2v) is 10.7. The molecular weight excluding hydrogens is 463 g/mol. The van der Waals surface area contributed by atoms with Crippen molar-refractivity contribution in [1.29, 1.82) is 10.5 Å². The normalized spacial score (nSPS) is 16.1. The molecule has 0 aliphatic carbocycles. The zero-order valence-electron chi connectivity index (χ0n) is 21.9. The van der Waals surface area contributed by atoms with E-state index in [0.29, 0.717) is 28.1 Å². The van der Waals surface area contributed by atoms with E-state index in [-0.39, 0.29) is 5.91 Å². The molecule has 3 aromatic rings. The van der Waals surface area contributed by atoms with Gasteiger partial charge in [-0.3, -0.25) is 9.78 Å². The second-order valence-electron chi connectivity index (χ2n) is 10.7. The maximum Gasteiger partial charge on any atom is 0.494 e. The molecule has 1 N–H and O–H groups in total. The SMILES string of the molecule is CC(C)(C#N)c1cc(C(=O)Nc2ccc(C#N)c(-c3cccc(B4OC(C)(C)C(C)(C)O4)c3)c2)ccn1. The number of nitriles is 2. The van der Waals surface area contributed by atoms with Crippen LogP contribution in [0.3, 0.4) is 0 Å². The van der Waals surface area contributed by atoms with Crippen molar-refractivity contribution < 1.29 is 14.1 Å². The van der Waals surface area contributed by atoms with E-state index in [4.69, 9.17) is 9.31 Å². The predicted molar refractivity (Wildman–Crippen MR) is 143 cm³/mol. The van der Waals surface area contributed by atoms with E-state index in [1.54, 1.807) is 44.2 Å². The van der Waals surface area contributed by atoms with Crippen LogP contribution in [-0.4, -0.2) is 29.2 Å². The summed E-state index contributed by atoms with van der Waals surface area (Å²) in [7, 11) is -0.531. The number of nitrogens with zero attached hydrogens (tertiary/aromatic N) is 3. The number of hydrogen-bond donors (Lipinski definition) is 1. The fraction of sp³-hybridized carbons (Fsp3) is 0.310. The van der Waals surface area contributed by atoms with Gasteiger partial charge in [0.05, 0.1) is 40.0 Å². The Kier molecular flexibility index (Phi) is 6.69. The van der Waals surface area contributed by atoms with Crippen LogP contribution in [0.5, 0.6) is 0 Å². The number of amides is 1. The summed E-state index contributed by atoms with van der Waals surface area (Å²) in [5.41, 5.74) is 2.50. The minimum Gasteiger partial charge on any atom is -0.399 e. The maximum atomic E-state index is 13.0. The lowest BCUT2D eigenvalue weighted by molar-refractivity contribution is 0.00578. The Morgan fingerprint density at radius 2 is 1.70 bits per heavy atom. The van der Waals surface area contributed by atoms with Gasteiger partial charge in [0.25, 0.3) is 5.91 Å². The third kappa shape index (κ3) is 5.13. The van der Waals surface area contributed by atoms with Gasteiger partial charge in [0.1, 0.15) is 0 Å². The highest BCUT2D eigenvalue weighted by molar-refractivity contribution is 6.62. The molecule has 4 rings (SSSR count). The highest BCUT2D eigenvalue weighted by Crippen LogP contribution is 2.37. The van der Waals surface area contributed by atoms with Crippen molar-refractivity contribution in [3.63, 3.8) is 0 Å². The van der Waals surface area contributed by atoms with Gasteiger partial charge in [0.2, 0.25) is 0 Å². The number of anilines is 1. The number of carbonyl (C=O) groups excluding carboxylic acids is 1. The lowest BCUT2D eigenvalue weighted by Crippen LogP contribution is -2.41. The number of nitrogens with one attached hydrogen (secondary N) is 1. The summed E-state index contributed by atoms with van der Waals surface area (Å²) >= 11 is 0. The van der Waals surface area contributed by atoms with Gasteiger partial charge in [-0.05, 0) is 82.9 Å². The molecule has 0 spiro atoms. The monoisotopic (exact) mass is 492 g/mol. The van der Waals surface area contributed by atoms with Gasteiger partial charge in [0.15, 0.2) is 0 Å². The third-order valence-electron chi connectivity index (χ3n) is 7.06. The molecule has 186 valence electrons. The first-order chi connectivity index (χ1) is 17.4. The molecule has 7 nitrogen and oxygen atoms in total. The molecule has 0 bridgehead atoms. The van der Waals surface area contributed by atoms with E-state index in [1.807, 2.05) is 52.0 Å². The summed E-state index contributed by atoms with van der Waals surface area (Å²) in [6.45, 7) is 11.5. The Morgan fingerprint density at radius 1 is 1.00 bits per heavy atom. The second kappa shape index (κ2) is 9.48. The molecule has 1 aliphatic heterocycles. The Labute approximate surface area is 218 Å². The highest BCUT2D eigenvalue weighted by Gasteiger charge is 2.51. The predicted octanol–water partition coefficient (Wildman–Crippen LogP) is 4.97. The quantitative estimate of drug-likeness (QED) is 0.504. The number of aromatic nitrogens is 1. The van der Waals surface area contributed by atoms with Crippen molar-refractivity contribution in [3.8, 4) is 23.3 Å². The Balaban J connectivity index is 1.63. The smallest absolute Gasteiger partial charge is 0.399 e. The number of hydrogen-bond acceptors (Lipinski definition) is 6. The van der Waals surface area contributed by atoms with E-state index in [0.717, 1.165) is 11.0 Å². The molecule has 0 radical (unpaired) electrons. The van der Waals surface area contributed by atoms with E-state index in [1.165, 1.54) is 6.20 Å². The maximum absolute atomic E-state index is 13.0. The number of pyridine rings is 1. The van der Waals surface area contributed by atoms with Crippen LogP contribution in [0.25, 0.3) is 11.1 Å². The largest absolute Gasteiger partial charge is 0.494 e. The summed E-state index contributed by atoms with van der Waals surface area (Å²) in [6.07, 6.45) is 1.52. The van der Waals surface area contributed by atoms with Crippen LogP contribution < -0.4 is 10.8 Å². The molecular formula is C29H29BN4O3. The van der Waals surface area contributed by atoms with Crippen LogP contribution in [0.2, 0.25) is 0 Å². The van der Waals surface area contributed by atoms with Crippen molar-refractivity contribution >= 4 is 24.2 Å². The first-order valence-corrected chi connectivity index (χ1v) is 12.1. The molecule has 0 saturated carbocycles. The average Bonchev–Trinajstić information content (AvgIpc) is 3.10. The average molecular weight is 492 g/mol. The summed E-state index contributed by atoms with van der Waals surface area (Å²) in [5, 5.41) is 22.1. The Morgan fingerprint density at radius 3 is 2.35 bits per heavy atom. The zero-order valence-corrected chi connectivity index (χ0v) is 21.9. The van der Waals surface area contributed by atoms with Gasteiger partial charge in [-0.2, -0.15) is 10.5 Å². The van der Waals surface area contributed by atoms with Crippen LogP contribution >= 0.6 is 0 Å². The molecule has 1 aromatic heterocycles. The van der Waals surface area contributed by atoms with E-state index < -0.39 is 23.7 Å². The lowest BCUT2D eigenvalue weighted by atomic mass is 9.77. The minimum atomic E-state index is -0.819. The lowest BCUT2D eigenvalue weighted by Gasteiger charge is -2.32. The van der Waals surface area contributed by atoms with Crippen LogP contribution in [0.15, 0.2) is 60.8 Å². The van der Waals surface area contributed by atoms with Gasteiger partial charge >= 0.3 is 7.12 Å². The van der Waals surface area contributed by atoms with Crippen molar-refractivity contribution in [2.45, 2.75) is 58.2 Å². The molecule has 1 amide bonds. The van der Waals surface area contributed by atoms with Gasteiger partial charge in [-0.1, -0.05) is 24.3 Å². The summed E-state index contributed by atoms with van der Waals surface area (Å²) in [6, 6.07) is 20.5. The molecule has 0 unspecified atom stereocenters. The van der Waals surface area contributed by atoms with Crippen molar-refractivity contribution in [3.05, 3.63) is 77.6 Å². The van der Waals surface area contributed by atoms with Gasteiger partial charge in [-0.15, -0.1) is 0 Å². The standard InChI is InChI=1S/C29H29BN4O3/c1-27(2,18-32)25-15-20(12-13-33-25)26(35)34-23-11-10-21(17-31)24(16-23)19-8-7-9-22(14-19)30-36-28(3,4)29(5,6)37-30/h7-16H,1-6H3,(H,34,35). The molecule has 1 fully saturated rings. The summed E-state index contributed by atoms with van der Waals surface area (Å²) in [5.74, 6) is -0.334. The summed E-state index contributed by atoms with van der Waals surface area (Å²) in [4.78, 5) is 17.3. The number of carbonyl (C=O) groups is 1. The van der Waals surface area contributed by atoms with Crippen molar-refractivity contribution in [2.75, 3.05) is 5.32 Å². The Hall–Kier alpha value is -3.98. The third-order valence-corrected chi connectivity index (χ3v) is 7.06. The highest BCUT2D eigenvalue weighted by atomic mass is 16.7. The molecule has 2 heterocycles. The zero-order chi connectivity index (χ0) is 27.0. The molecule has 2 aromatic carbocycles. The summed E-state index contributed by atoms with van der Waals surface area (Å²) < 4.78 is 12.4. The van der Waals surface area contributed by atoms with Crippen molar-refractivity contribution in [1.82, 2.24) is 4.98 Å². The van der Waals surface area contributed by atoms with E-state index in [2.05, 4.69) is 22.4 Å². The molecule has 1 aliphatic rings. The minimum absolute atomic E-state index is 0.334. The number of benzene rings is 2. The van der Waals surface area contributed by atoms with Gasteiger partial charge in [-0.25, -0.2) is 0 Å². The van der Waals surface area contributed by atoms with Crippen LogP contribution in [0.4, 0.5) is 5.69 Å². The first-order valence-electron chi connectivity index (χ1n) is 12.1. The van der Waals surface area contributed by atoms with Crippen LogP contribution in [0, 0.1) is 22.7 Å². The van der Waals surface area contributed by atoms with Crippen LogP contribution in [0.1, 0.15) is 63.2 Å². The van der Waals surface area contributed by atoms with Crippen molar-refractivity contribution in [2.24, 2.45) is 0 Å². The first kappa shape index (κ1) is 26.1. The molecule has 0 atom stereocenters. The van der Waals surface area contributed by atoms with Crippen LogP contribution in [-0.2, 0) is 14.7 Å². The number of rotatable bonds is 5. The molecule has 8 heteroatoms. The van der Waals surface area contributed by atoms with E-state index >= 15 is 0 Å². The van der Waals surface area contributed by atoms with E-state index in [9.17, 15) is 15.3 Å².